The molecule has 0 saturated carbocycles. The van der Waals surface area contributed by atoms with Crippen LogP contribution in [-0.2, 0) is 19.1 Å². The number of hydrogen-bond donors (Lipinski definition) is 0. The summed E-state index contributed by atoms with van der Waals surface area (Å²) >= 11 is 0. The van der Waals surface area contributed by atoms with Crippen molar-refractivity contribution < 1.29 is 19.1 Å². The molecule has 20 heavy (non-hydrogen) atoms. The molecule has 116 valence electrons. The first-order valence-electron chi connectivity index (χ1n) is 7.58. The van der Waals surface area contributed by atoms with Crippen molar-refractivity contribution in [3.8, 4) is 0 Å². The predicted octanol–water partition coefficient (Wildman–Crippen LogP) is 3.46. The fourth-order valence-electron chi connectivity index (χ4n) is 2.17. The molecule has 0 amide bonds. The van der Waals surface area contributed by atoms with E-state index in [4.69, 9.17) is 4.74 Å². The molecule has 0 fully saturated rings. The second kappa shape index (κ2) is 9.67. The van der Waals surface area contributed by atoms with E-state index in [2.05, 4.69) is 0 Å². The van der Waals surface area contributed by atoms with Crippen LogP contribution in [0.5, 0.6) is 0 Å². The van der Waals surface area contributed by atoms with Crippen molar-refractivity contribution in [1.29, 1.82) is 0 Å². The summed E-state index contributed by atoms with van der Waals surface area (Å²) in [6.45, 7) is 7.38. The van der Waals surface area contributed by atoms with Crippen LogP contribution in [0.15, 0.2) is 0 Å². The van der Waals surface area contributed by atoms with Crippen molar-refractivity contribution in [2.75, 3.05) is 6.61 Å². The Hall–Kier alpha value is -1.19. The number of hydrogen-bond acceptors (Lipinski definition) is 4. The highest BCUT2D eigenvalue weighted by atomic mass is 16.5. The van der Waals surface area contributed by atoms with Gasteiger partial charge >= 0.3 is 5.97 Å². The van der Waals surface area contributed by atoms with Gasteiger partial charge in [0.1, 0.15) is 11.6 Å². The monoisotopic (exact) mass is 284 g/mol. The van der Waals surface area contributed by atoms with Gasteiger partial charge in [-0.2, -0.15) is 0 Å². The number of ketones is 2. The van der Waals surface area contributed by atoms with E-state index in [1.165, 1.54) is 6.92 Å². The van der Waals surface area contributed by atoms with Gasteiger partial charge in [0.05, 0.1) is 12.0 Å². The van der Waals surface area contributed by atoms with Crippen molar-refractivity contribution in [2.24, 2.45) is 5.41 Å². The minimum absolute atomic E-state index is 0.0397. The highest BCUT2D eigenvalue weighted by Gasteiger charge is 2.36. The number of carbonyl (C=O) groups excluding carboxylic acids is 3. The fourth-order valence-corrected chi connectivity index (χ4v) is 2.17. The maximum Gasteiger partial charge on any atom is 0.305 e. The highest BCUT2D eigenvalue weighted by molar-refractivity contribution is 6.05. The summed E-state index contributed by atoms with van der Waals surface area (Å²) in [6, 6.07) is 0. The molecule has 0 aromatic carbocycles. The zero-order chi connectivity index (χ0) is 15.6. The summed E-state index contributed by atoms with van der Waals surface area (Å²) in [7, 11) is 0. The Balaban J connectivity index is 4.14. The quantitative estimate of drug-likeness (QED) is 0.331. The third-order valence-corrected chi connectivity index (χ3v) is 3.73. The lowest BCUT2D eigenvalue weighted by Gasteiger charge is -2.25. The van der Waals surface area contributed by atoms with Gasteiger partial charge in [0, 0.05) is 12.8 Å². The van der Waals surface area contributed by atoms with E-state index in [1.54, 1.807) is 13.8 Å². The van der Waals surface area contributed by atoms with E-state index >= 15 is 0 Å². The van der Waals surface area contributed by atoms with Gasteiger partial charge in [-0.1, -0.05) is 19.8 Å². The molecule has 0 N–H and O–H groups in total. The van der Waals surface area contributed by atoms with Crippen molar-refractivity contribution in [2.45, 2.75) is 72.6 Å². The van der Waals surface area contributed by atoms with Crippen LogP contribution in [-0.4, -0.2) is 24.1 Å². The molecule has 0 aliphatic rings. The average molecular weight is 284 g/mol. The molecule has 1 atom stereocenters. The van der Waals surface area contributed by atoms with Gasteiger partial charge in [0.25, 0.3) is 0 Å². The van der Waals surface area contributed by atoms with Gasteiger partial charge in [0.15, 0.2) is 0 Å². The number of unbranched alkanes of at least 4 members (excludes halogenated alkanes) is 2. The molecule has 0 spiro atoms. The molecule has 0 heterocycles. The van der Waals surface area contributed by atoms with E-state index in [1.807, 2.05) is 6.92 Å². The molecule has 0 aromatic heterocycles. The van der Waals surface area contributed by atoms with Crippen LogP contribution in [0.1, 0.15) is 72.6 Å². The molecule has 0 rings (SSSR count). The van der Waals surface area contributed by atoms with Crippen LogP contribution >= 0.6 is 0 Å². The molecule has 4 nitrogen and oxygen atoms in total. The Bertz CT molecular complexity index is 335. The average Bonchev–Trinajstić information content (AvgIpc) is 2.38. The maximum atomic E-state index is 12.1. The number of carbonyl (C=O) groups is 3. The van der Waals surface area contributed by atoms with Crippen molar-refractivity contribution in [3.05, 3.63) is 0 Å². The molecule has 0 aliphatic carbocycles. The van der Waals surface area contributed by atoms with Crippen molar-refractivity contribution in [3.63, 3.8) is 0 Å². The number of esters is 1. The Kier molecular flexibility index (Phi) is 9.10. The third-order valence-electron chi connectivity index (χ3n) is 3.73. The van der Waals surface area contributed by atoms with Gasteiger partial charge in [-0.25, -0.2) is 0 Å². The Labute approximate surface area is 122 Å². The van der Waals surface area contributed by atoms with E-state index in [0.717, 1.165) is 25.7 Å². The smallest absolute Gasteiger partial charge is 0.305 e. The van der Waals surface area contributed by atoms with Crippen LogP contribution in [0, 0.1) is 5.41 Å². The number of ether oxygens (including phenoxy) is 1. The Morgan fingerprint density at radius 1 is 1.00 bits per heavy atom. The van der Waals surface area contributed by atoms with Crippen LogP contribution in [0.2, 0.25) is 0 Å². The first-order valence-corrected chi connectivity index (χ1v) is 7.58. The lowest BCUT2D eigenvalue weighted by atomic mass is 9.76. The maximum absolute atomic E-state index is 12.1. The largest absolute Gasteiger partial charge is 0.466 e. The van der Waals surface area contributed by atoms with Gasteiger partial charge in [-0.3, -0.25) is 14.4 Å². The van der Waals surface area contributed by atoms with E-state index in [0.29, 0.717) is 25.9 Å². The second-order valence-corrected chi connectivity index (χ2v) is 5.43. The van der Waals surface area contributed by atoms with E-state index < -0.39 is 5.41 Å². The Morgan fingerprint density at radius 3 is 2.15 bits per heavy atom. The molecular formula is C16H28O4. The molecule has 1 unspecified atom stereocenters. The van der Waals surface area contributed by atoms with Crippen LogP contribution in [0.25, 0.3) is 0 Å². The summed E-state index contributed by atoms with van der Waals surface area (Å²) in [6.07, 6.45) is 4.57. The minimum atomic E-state index is -0.847. The molecule has 0 saturated heterocycles. The number of Topliss-reactive ketones (excluding diaryl/α,β-unsaturated/α-hetero) is 2. The second-order valence-electron chi connectivity index (χ2n) is 5.43. The molecule has 0 radical (unpaired) electrons. The van der Waals surface area contributed by atoms with E-state index in [9.17, 15) is 14.4 Å². The summed E-state index contributed by atoms with van der Waals surface area (Å²) in [5.74, 6) is -0.192. The SMILES string of the molecule is CCCC(=O)C(C)(CCCCCC(=O)OCC)C(C)=O. The molecule has 0 bridgehead atoms. The fraction of sp³-hybridized carbons (Fsp3) is 0.812. The first kappa shape index (κ1) is 18.8. The van der Waals surface area contributed by atoms with Crippen LogP contribution < -0.4 is 0 Å². The van der Waals surface area contributed by atoms with Crippen LogP contribution in [0.3, 0.4) is 0 Å². The van der Waals surface area contributed by atoms with Gasteiger partial charge in [0.2, 0.25) is 0 Å². The standard InChI is InChI=1S/C16H28O4/c1-5-10-14(18)16(4,13(3)17)12-9-7-8-11-15(19)20-6-2/h5-12H2,1-4H3. The summed E-state index contributed by atoms with van der Waals surface area (Å²) in [5, 5.41) is 0. The van der Waals surface area contributed by atoms with E-state index in [-0.39, 0.29) is 17.5 Å². The minimum Gasteiger partial charge on any atom is -0.466 e. The zero-order valence-corrected chi connectivity index (χ0v) is 13.3. The summed E-state index contributed by atoms with van der Waals surface area (Å²) < 4.78 is 4.85. The normalized spacial score (nSPS) is 13.6. The third kappa shape index (κ3) is 6.31. The molecule has 0 aliphatic heterocycles. The molecule has 4 heteroatoms. The Morgan fingerprint density at radius 2 is 1.65 bits per heavy atom. The lowest BCUT2D eigenvalue weighted by Crippen LogP contribution is -2.34. The van der Waals surface area contributed by atoms with Gasteiger partial charge in [-0.15, -0.1) is 0 Å². The van der Waals surface area contributed by atoms with Crippen molar-refractivity contribution in [1.82, 2.24) is 0 Å². The lowest BCUT2D eigenvalue weighted by molar-refractivity contribution is -0.143. The summed E-state index contributed by atoms with van der Waals surface area (Å²) in [4.78, 5) is 35.0. The predicted molar refractivity (Wildman–Crippen MR) is 78.4 cm³/mol. The first-order chi connectivity index (χ1) is 9.38. The molecular weight excluding hydrogens is 256 g/mol. The highest BCUT2D eigenvalue weighted by Crippen LogP contribution is 2.29. The van der Waals surface area contributed by atoms with Gasteiger partial charge in [-0.05, 0) is 40.0 Å². The summed E-state index contributed by atoms with van der Waals surface area (Å²) in [5.41, 5.74) is -0.847. The van der Waals surface area contributed by atoms with Crippen LogP contribution in [0.4, 0.5) is 0 Å². The topological polar surface area (TPSA) is 60.4 Å². The zero-order valence-electron chi connectivity index (χ0n) is 13.3. The number of rotatable bonds is 11. The van der Waals surface area contributed by atoms with Gasteiger partial charge < -0.3 is 4.74 Å². The van der Waals surface area contributed by atoms with Crippen molar-refractivity contribution >= 4 is 17.5 Å². The molecule has 0 aromatic rings.